The van der Waals surface area contributed by atoms with E-state index in [1.807, 2.05) is 17.0 Å². The summed E-state index contributed by atoms with van der Waals surface area (Å²) in [6.45, 7) is 0.582. The van der Waals surface area contributed by atoms with Gasteiger partial charge in [-0.3, -0.25) is 13.8 Å². The highest BCUT2D eigenvalue weighted by atomic mass is 16.1. The molecule has 0 amide bonds. The lowest BCUT2D eigenvalue weighted by Gasteiger charge is -2.21. The monoisotopic (exact) mass is 286 g/mol. The van der Waals surface area contributed by atoms with Crippen LogP contribution in [0.3, 0.4) is 0 Å². The normalized spacial score (nSPS) is 20.0. The van der Waals surface area contributed by atoms with Crippen LogP contribution in [0.25, 0.3) is 0 Å². The summed E-state index contributed by atoms with van der Waals surface area (Å²) in [7, 11) is 0. The summed E-state index contributed by atoms with van der Waals surface area (Å²) in [6.07, 6.45) is 14.6. The molecule has 2 aromatic rings. The van der Waals surface area contributed by atoms with Crippen molar-refractivity contribution in [1.29, 1.82) is 0 Å². The van der Waals surface area contributed by atoms with Crippen LogP contribution in [0.5, 0.6) is 0 Å². The molecule has 2 heterocycles. The molecule has 0 atom stereocenters. The molecule has 2 saturated carbocycles. The minimum Gasteiger partial charge on any atom is -0.296 e. The molecule has 0 aliphatic heterocycles. The van der Waals surface area contributed by atoms with Crippen molar-refractivity contribution in [2.45, 2.75) is 63.6 Å². The predicted molar refractivity (Wildman–Crippen MR) is 80.4 cm³/mol. The lowest BCUT2D eigenvalue weighted by molar-refractivity contribution is 0.328. The van der Waals surface area contributed by atoms with Crippen molar-refractivity contribution in [2.24, 2.45) is 0 Å². The van der Waals surface area contributed by atoms with Gasteiger partial charge < -0.3 is 0 Å². The van der Waals surface area contributed by atoms with Crippen LogP contribution in [0.4, 0.5) is 0 Å². The van der Waals surface area contributed by atoms with Gasteiger partial charge in [-0.25, -0.2) is 4.79 Å². The Hall–Kier alpha value is -1.78. The van der Waals surface area contributed by atoms with E-state index in [0.717, 1.165) is 18.5 Å². The number of hydrogen-bond donors (Lipinski definition) is 0. The van der Waals surface area contributed by atoms with Crippen LogP contribution in [0.1, 0.15) is 62.7 Å². The fraction of sp³-hybridized carbons (Fsp3) is 0.625. The lowest BCUT2D eigenvalue weighted by Crippen LogP contribution is -2.24. The first-order valence-corrected chi connectivity index (χ1v) is 8.12. The van der Waals surface area contributed by atoms with Crippen LogP contribution in [0.15, 0.2) is 29.5 Å². The molecule has 112 valence electrons. The summed E-state index contributed by atoms with van der Waals surface area (Å²) in [6, 6.07) is 3.05. The van der Waals surface area contributed by atoms with E-state index >= 15 is 0 Å². The molecule has 21 heavy (non-hydrogen) atoms. The van der Waals surface area contributed by atoms with Gasteiger partial charge in [0.1, 0.15) is 0 Å². The maximum atomic E-state index is 12.3. The zero-order valence-corrected chi connectivity index (χ0v) is 12.3. The molecular formula is C16H22N4O. The molecule has 0 aromatic carbocycles. The van der Waals surface area contributed by atoms with E-state index in [1.165, 1.54) is 32.1 Å². The van der Waals surface area contributed by atoms with Crippen molar-refractivity contribution in [1.82, 2.24) is 18.9 Å². The SMILES string of the molecule is O=c1n(Cc2ccn(C3CCCCC3)n2)ccn1C1CC1. The van der Waals surface area contributed by atoms with Gasteiger partial charge in [-0.2, -0.15) is 5.10 Å². The van der Waals surface area contributed by atoms with Crippen LogP contribution in [0.2, 0.25) is 0 Å². The topological polar surface area (TPSA) is 44.8 Å². The largest absolute Gasteiger partial charge is 0.328 e. The van der Waals surface area contributed by atoms with Gasteiger partial charge in [0.25, 0.3) is 0 Å². The fourth-order valence-electron chi connectivity index (χ4n) is 3.36. The Morgan fingerprint density at radius 3 is 2.57 bits per heavy atom. The van der Waals surface area contributed by atoms with Gasteiger partial charge in [0.15, 0.2) is 0 Å². The van der Waals surface area contributed by atoms with Crippen LogP contribution < -0.4 is 5.69 Å². The van der Waals surface area contributed by atoms with Crippen molar-refractivity contribution in [3.05, 3.63) is 40.8 Å². The third-order valence-electron chi connectivity index (χ3n) is 4.76. The van der Waals surface area contributed by atoms with Crippen LogP contribution in [-0.4, -0.2) is 18.9 Å². The third kappa shape index (κ3) is 2.57. The number of nitrogens with zero attached hydrogens (tertiary/aromatic N) is 4. The van der Waals surface area contributed by atoms with Crippen molar-refractivity contribution in [2.75, 3.05) is 0 Å². The van der Waals surface area contributed by atoms with Crippen LogP contribution in [0, 0.1) is 0 Å². The van der Waals surface area contributed by atoms with E-state index in [-0.39, 0.29) is 5.69 Å². The lowest BCUT2D eigenvalue weighted by atomic mass is 9.96. The molecule has 2 fully saturated rings. The van der Waals surface area contributed by atoms with Gasteiger partial charge in [0, 0.05) is 24.6 Å². The summed E-state index contributed by atoms with van der Waals surface area (Å²) < 4.78 is 5.74. The molecule has 0 unspecified atom stereocenters. The quantitative estimate of drug-likeness (QED) is 0.867. The second kappa shape index (κ2) is 5.20. The first kappa shape index (κ1) is 12.9. The summed E-state index contributed by atoms with van der Waals surface area (Å²) in [5.41, 5.74) is 1.08. The highest BCUT2D eigenvalue weighted by Gasteiger charge is 2.25. The first-order chi connectivity index (χ1) is 10.3. The van der Waals surface area contributed by atoms with E-state index < -0.39 is 0 Å². The second-order valence-electron chi connectivity index (χ2n) is 6.43. The maximum absolute atomic E-state index is 12.3. The average Bonchev–Trinajstić information content (AvgIpc) is 3.14. The molecule has 0 saturated heterocycles. The zero-order chi connectivity index (χ0) is 14.2. The van der Waals surface area contributed by atoms with Crippen molar-refractivity contribution < 1.29 is 0 Å². The number of aromatic nitrogens is 4. The predicted octanol–water partition coefficient (Wildman–Crippen LogP) is 2.73. The minimum atomic E-state index is 0.102. The smallest absolute Gasteiger partial charge is 0.296 e. The molecule has 2 aliphatic rings. The molecule has 0 spiro atoms. The molecule has 0 bridgehead atoms. The Labute approximate surface area is 124 Å². The molecule has 2 aliphatic carbocycles. The van der Waals surface area contributed by atoms with E-state index in [0.29, 0.717) is 18.6 Å². The molecule has 5 nitrogen and oxygen atoms in total. The number of hydrogen-bond acceptors (Lipinski definition) is 2. The van der Waals surface area contributed by atoms with Crippen LogP contribution >= 0.6 is 0 Å². The Kier molecular flexibility index (Phi) is 3.20. The van der Waals surface area contributed by atoms with Gasteiger partial charge >= 0.3 is 5.69 Å². The van der Waals surface area contributed by atoms with Crippen LogP contribution in [-0.2, 0) is 6.54 Å². The molecule has 4 rings (SSSR count). The number of imidazole rings is 1. The fourth-order valence-corrected chi connectivity index (χ4v) is 3.36. The molecule has 0 radical (unpaired) electrons. The Bertz CT molecular complexity index is 671. The van der Waals surface area contributed by atoms with Gasteiger partial charge in [0.05, 0.1) is 18.3 Å². The highest BCUT2D eigenvalue weighted by molar-refractivity contribution is 5.02. The van der Waals surface area contributed by atoms with Crippen molar-refractivity contribution in [3.8, 4) is 0 Å². The summed E-state index contributed by atoms with van der Waals surface area (Å²) in [5.74, 6) is 0. The van der Waals surface area contributed by atoms with E-state index in [2.05, 4.69) is 22.0 Å². The first-order valence-electron chi connectivity index (χ1n) is 8.12. The van der Waals surface area contributed by atoms with E-state index in [1.54, 1.807) is 4.57 Å². The maximum Gasteiger partial charge on any atom is 0.328 e. The van der Waals surface area contributed by atoms with Gasteiger partial charge in [-0.05, 0) is 31.7 Å². The number of rotatable bonds is 4. The van der Waals surface area contributed by atoms with Gasteiger partial charge in [-0.1, -0.05) is 19.3 Å². The minimum absolute atomic E-state index is 0.102. The second-order valence-corrected chi connectivity index (χ2v) is 6.43. The standard InChI is InChI=1S/C16H22N4O/c21-16-18(10-11-19(16)14-6-7-14)12-13-8-9-20(17-13)15-4-2-1-3-5-15/h8-11,14-15H,1-7,12H2. The Balaban J connectivity index is 1.49. The highest BCUT2D eigenvalue weighted by Crippen LogP contribution is 2.33. The summed E-state index contributed by atoms with van der Waals surface area (Å²) in [4.78, 5) is 12.3. The van der Waals surface area contributed by atoms with Gasteiger partial charge in [-0.15, -0.1) is 0 Å². The molecule has 5 heteroatoms. The zero-order valence-electron chi connectivity index (χ0n) is 12.3. The van der Waals surface area contributed by atoms with E-state index in [4.69, 9.17) is 0 Å². The molecular weight excluding hydrogens is 264 g/mol. The third-order valence-corrected chi connectivity index (χ3v) is 4.76. The van der Waals surface area contributed by atoms with Crippen molar-refractivity contribution in [3.63, 3.8) is 0 Å². The molecule has 2 aromatic heterocycles. The van der Waals surface area contributed by atoms with E-state index in [9.17, 15) is 4.79 Å². The Morgan fingerprint density at radius 2 is 1.81 bits per heavy atom. The van der Waals surface area contributed by atoms with Gasteiger partial charge in [0.2, 0.25) is 0 Å². The summed E-state index contributed by atoms with van der Waals surface area (Å²) >= 11 is 0. The Morgan fingerprint density at radius 1 is 1.00 bits per heavy atom. The summed E-state index contributed by atoms with van der Waals surface area (Å²) in [5, 5.41) is 4.69. The average molecular weight is 286 g/mol. The molecule has 0 N–H and O–H groups in total. The van der Waals surface area contributed by atoms with Crippen molar-refractivity contribution >= 4 is 0 Å².